The predicted molar refractivity (Wildman–Crippen MR) is 217 cm³/mol. The van der Waals surface area contributed by atoms with Crippen molar-refractivity contribution >= 4 is 77.3 Å². The Hall–Kier alpha value is -5.92. The van der Waals surface area contributed by atoms with E-state index < -0.39 is 27.2 Å². The highest BCUT2D eigenvalue weighted by Crippen LogP contribution is 2.39. The Morgan fingerprint density at radius 2 is 1.79 bits per heavy atom. The van der Waals surface area contributed by atoms with E-state index in [-0.39, 0.29) is 63.7 Å². The lowest BCUT2D eigenvalue weighted by molar-refractivity contribution is -0.112. The molecular weight excluding hydrogens is 839 g/mol. The number of aromatic nitrogens is 3. The van der Waals surface area contributed by atoms with Crippen LogP contribution >= 0.6 is 15.9 Å². The lowest BCUT2D eigenvalue weighted by Crippen LogP contribution is -2.55. The lowest BCUT2D eigenvalue weighted by Gasteiger charge is -2.42. The molecule has 5 aromatic rings. The van der Waals surface area contributed by atoms with Gasteiger partial charge in [-0.15, -0.1) is 0 Å². The van der Waals surface area contributed by atoms with Crippen LogP contribution in [0.25, 0.3) is 10.9 Å². The third-order valence-corrected chi connectivity index (χ3v) is 12.3. The molecule has 3 aromatic carbocycles. The number of carbonyl (C=O) groups excluding carboxylic acids is 1. The first-order chi connectivity index (χ1) is 27.8. The van der Waals surface area contributed by atoms with E-state index in [2.05, 4.69) is 40.5 Å². The minimum absolute atomic E-state index is 0.0149. The van der Waals surface area contributed by atoms with Crippen LogP contribution in [-0.4, -0.2) is 97.1 Å². The SMILES string of the molecule is COc1ncnc(NS(=O)(=O)c2ccc(N=C3C(=O)N(CN4CCN(c5cc6c(cc5F)c(=O)c(C(=O)O)cn6C5CC5)CC4C)c4ccc(Br)cc43)cc2)c1OC. The Morgan fingerprint density at radius 1 is 1.03 bits per heavy atom. The van der Waals surface area contributed by atoms with Gasteiger partial charge in [-0.1, -0.05) is 15.9 Å². The molecule has 3 aliphatic rings. The van der Waals surface area contributed by atoms with Crippen LogP contribution in [0.15, 0.2) is 86.3 Å². The molecule has 19 heteroatoms. The Morgan fingerprint density at radius 3 is 2.47 bits per heavy atom. The number of anilines is 3. The van der Waals surface area contributed by atoms with Crippen molar-refractivity contribution in [2.24, 2.45) is 4.99 Å². The molecular formula is C39H36BrFN8O8S. The molecule has 1 atom stereocenters. The summed E-state index contributed by atoms with van der Waals surface area (Å²) in [5.41, 5.74) is 1.50. The van der Waals surface area contributed by atoms with Crippen LogP contribution in [-0.2, 0) is 14.8 Å². The van der Waals surface area contributed by atoms with Crippen LogP contribution in [0.4, 0.5) is 27.3 Å². The van der Waals surface area contributed by atoms with Crippen molar-refractivity contribution in [2.75, 3.05) is 55.0 Å². The number of hydrogen-bond acceptors (Lipinski definition) is 12. The van der Waals surface area contributed by atoms with E-state index in [1.165, 1.54) is 44.7 Å². The number of halogens is 2. The van der Waals surface area contributed by atoms with Crippen molar-refractivity contribution < 1.29 is 37.0 Å². The number of nitrogens with one attached hydrogen (secondary N) is 1. The van der Waals surface area contributed by atoms with E-state index in [0.717, 1.165) is 29.7 Å². The van der Waals surface area contributed by atoms with Gasteiger partial charge in [0.2, 0.25) is 11.2 Å². The summed E-state index contributed by atoms with van der Waals surface area (Å²) in [4.78, 5) is 57.1. The smallest absolute Gasteiger partial charge is 0.341 e. The summed E-state index contributed by atoms with van der Waals surface area (Å²) in [5, 5.41) is 9.65. The number of sulfonamides is 1. The summed E-state index contributed by atoms with van der Waals surface area (Å²) in [6.07, 6.45) is 4.19. The summed E-state index contributed by atoms with van der Waals surface area (Å²) < 4.78 is 57.6. The van der Waals surface area contributed by atoms with Crippen LogP contribution in [0, 0.1) is 5.82 Å². The van der Waals surface area contributed by atoms with Crippen LogP contribution in [0.2, 0.25) is 0 Å². The van der Waals surface area contributed by atoms with Crippen LogP contribution in [0.1, 0.15) is 41.7 Å². The first-order valence-corrected chi connectivity index (χ1v) is 20.4. The van der Waals surface area contributed by atoms with Crippen molar-refractivity contribution in [2.45, 2.75) is 36.7 Å². The molecule has 2 N–H and O–H groups in total. The van der Waals surface area contributed by atoms with E-state index in [4.69, 9.17) is 9.47 Å². The molecule has 300 valence electrons. The average molecular weight is 876 g/mol. The van der Waals surface area contributed by atoms with Gasteiger partial charge < -0.3 is 24.0 Å². The van der Waals surface area contributed by atoms with Crippen molar-refractivity contribution in [1.82, 2.24) is 19.4 Å². The van der Waals surface area contributed by atoms with E-state index in [0.29, 0.717) is 47.8 Å². The molecule has 1 saturated heterocycles. The molecule has 0 spiro atoms. The number of nitrogens with zero attached hydrogens (tertiary/aromatic N) is 7. The first-order valence-electron chi connectivity index (χ1n) is 18.1. The van der Waals surface area contributed by atoms with Crippen molar-refractivity contribution in [3.8, 4) is 11.6 Å². The molecule has 8 rings (SSSR count). The normalized spacial score (nSPS) is 17.8. The summed E-state index contributed by atoms with van der Waals surface area (Å²) in [7, 11) is -1.42. The Labute approximate surface area is 339 Å². The lowest BCUT2D eigenvalue weighted by atomic mass is 10.1. The van der Waals surface area contributed by atoms with E-state index >= 15 is 4.39 Å². The second-order valence-corrected chi connectivity index (χ2v) is 16.7. The van der Waals surface area contributed by atoms with E-state index in [1.807, 2.05) is 30.0 Å². The molecule has 4 heterocycles. The molecule has 2 aromatic heterocycles. The first kappa shape index (κ1) is 38.9. The molecule has 1 aliphatic carbocycles. The summed E-state index contributed by atoms with van der Waals surface area (Å²) in [6.45, 7) is 3.53. The number of hydrogen-bond donors (Lipinski definition) is 2. The fourth-order valence-corrected chi connectivity index (χ4v) is 8.70. The number of piperazine rings is 1. The van der Waals surface area contributed by atoms with Gasteiger partial charge >= 0.3 is 5.97 Å². The predicted octanol–water partition coefficient (Wildman–Crippen LogP) is 5.18. The van der Waals surface area contributed by atoms with Gasteiger partial charge in [-0.2, -0.15) is 4.98 Å². The van der Waals surface area contributed by atoms with Crippen LogP contribution in [0.5, 0.6) is 11.6 Å². The van der Waals surface area contributed by atoms with Gasteiger partial charge in [0.05, 0.1) is 48.4 Å². The third kappa shape index (κ3) is 7.13. The van der Waals surface area contributed by atoms with E-state index in [1.54, 1.807) is 15.5 Å². The van der Waals surface area contributed by atoms with Crippen molar-refractivity contribution in [1.29, 1.82) is 0 Å². The number of benzene rings is 3. The van der Waals surface area contributed by atoms with Gasteiger partial charge in [-0.3, -0.25) is 24.1 Å². The Bertz CT molecular complexity index is 2710. The molecule has 1 unspecified atom stereocenters. The maximum atomic E-state index is 15.7. The number of carboxylic acid groups (broad SMARTS) is 1. The fourth-order valence-electron chi connectivity index (χ4n) is 7.32. The van der Waals surface area contributed by atoms with Gasteiger partial charge in [0.25, 0.3) is 21.8 Å². The quantitative estimate of drug-likeness (QED) is 0.177. The highest BCUT2D eigenvalue weighted by atomic mass is 79.9. The second kappa shape index (κ2) is 15.1. The fraction of sp³-hybridized carbons (Fsp3) is 0.282. The van der Waals surface area contributed by atoms with Crippen molar-refractivity contribution in [3.63, 3.8) is 0 Å². The number of aliphatic imine (C=N–C) groups is 1. The number of amides is 1. The monoisotopic (exact) mass is 874 g/mol. The maximum absolute atomic E-state index is 15.7. The average Bonchev–Trinajstić information content (AvgIpc) is 4.01. The number of pyridine rings is 1. The number of fused-ring (bicyclic) bond motifs is 2. The zero-order valence-electron chi connectivity index (χ0n) is 31.3. The zero-order valence-corrected chi connectivity index (χ0v) is 33.8. The van der Waals surface area contributed by atoms with Gasteiger partial charge in [-0.25, -0.2) is 27.6 Å². The molecule has 2 aliphatic heterocycles. The van der Waals surface area contributed by atoms with Crippen LogP contribution < -0.4 is 29.4 Å². The third-order valence-electron chi connectivity index (χ3n) is 10.4. The highest BCUT2D eigenvalue weighted by molar-refractivity contribution is 9.10. The molecule has 0 bridgehead atoms. The second-order valence-electron chi connectivity index (χ2n) is 14.1. The number of rotatable bonds is 11. The topological polar surface area (TPSA) is 189 Å². The number of carbonyl (C=O) groups is 2. The molecule has 16 nitrogen and oxygen atoms in total. The number of methoxy groups -OCH3 is 2. The largest absolute Gasteiger partial charge is 0.489 e. The van der Waals surface area contributed by atoms with Gasteiger partial charge in [0, 0.05) is 53.3 Å². The van der Waals surface area contributed by atoms with E-state index in [9.17, 15) is 27.9 Å². The van der Waals surface area contributed by atoms with Crippen LogP contribution in [0.3, 0.4) is 0 Å². The van der Waals surface area contributed by atoms with Gasteiger partial charge in [0.1, 0.15) is 23.4 Å². The summed E-state index contributed by atoms with van der Waals surface area (Å²) in [5.74, 6) is -2.34. The van der Waals surface area contributed by atoms with Gasteiger partial charge in [0.15, 0.2) is 5.82 Å². The molecule has 2 fully saturated rings. The number of aromatic carboxylic acids is 1. The molecule has 1 amide bonds. The Balaban J connectivity index is 1.01. The molecule has 58 heavy (non-hydrogen) atoms. The minimum Gasteiger partial charge on any atom is -0.489 e. The highest BCUT2D eigenvalue weighted by Gasteiger charge is 2.37. The summed E-state index contributed by atoms with van der Waals surface area (Å²) >= 11 is 3.51. The molecule has 0 radical (unpaired) electrons. The van der Waals surface area contributed by atoms with Crippen molar-refractivity contribution in [3.05, 3.63) is 98.8 Å². The molecule has 1 saturated carbocycles. The maximum Gasteiger partial charge on any atom is 0.341 e. The summed E-state index contributed by atoms with van der Waals surface area (Å²) in [6, 6.07) is 13.9. The van der Waals surface area contributed by atoms with Gasteiger partial charge in [-0.05, 0) is 74.4 Å². The zero-order chi connectivity index (χ0) is 41.0. The standard InChI is InChI=1S/C39H36BrFN8O8S/c1-21-17-46(32-16-31-27(15-29(32)41)34(50)28(39(52)53)18-48(31)24-7-8-24)12-13-47(21)20-49-30-11-4-22(40)14-26(30)33(38(49)51)44-23-5-9-25(10-6-23)58(54,55)45-36-35(56-2)37(57-3)43-19-42-36/h4-6,9-11,14-16,18-19,21,24H,7-8,12-13,17,20H2,1-3H3,(H,52,53)(H,42,43,45). The number of carboxylic acids is 1. The minimum atomic E-state index is -4.12. The number of ether oxygens (including phenoxy) is 2. The Kier molecular flexibility index (Phi) is 10.1.